The van der Waals surface area contributed by atoms with Crippen LogP contribution in [0.4, 0.5) is 5.00 Å². The zero-order valence-corrected chi connectivity index (χ0v) is 10.3. The average molecular weight is 252 g/mol. The first-order valence-corrected chi connectivity index (χ1v) is 6.02. The van der Waals surface area contributed by atoms with Gasteiger partial charge in [-0.3, -0.25) is 10.1 Å². The lowest BCUT2D eigenvalue weighted by atomic mass is 10.2. The fraction of sp³-hybridized carbons (Fsp3) is 0.400. The number of hydrogen-bond donors (Lipinski definition) is 0. The Balaban J connectivity index is 2.32. The largest absolute Gasteiger partial charge is 0.324 e. The molecule has 0 saturated heterocycles. The molecule has 0 aliphatic carbocycles. The van der Waals surface area contributed by atoms with Crippen molar-refractivity contribution in [3.63, 3.8) is 0 Å². The van der Waals surface area contributed by atoms with Crippen molar-refractivity contribution < 1.29 is 4.92 Å². The lowest BCUT2D eigenvalue weighted by Crippen LogP contribution is -2.04. The van der Waals surface area contributed by atoms with Gasteiger partial charge in [0.15, 0.2) is 5.82 Å². The van der Waals surface area contributed by atoms with E-state index < -0.39 is 4.92 Å². The molecule has 0 radical (unpaired) electrons. The van der Waals surface area contributed by atoms with Crippen LogP contribution in [0.15, 0.2) is 18.5 Å². The maximum atomic E-state index is 10.6. The third-order valence-corrected chi connectivity index (χ3v) is 3.20. The highest BCUT2D eigenvalue weighted by molar-refractivity contribution is 7.18. The summed E-state index contributed by atoms with van der Waals surface area (Å²) in [5, 5.41) is 18.6. The summed E-state index contributed by atoms with van der Waals surface area (Å²) in [5.41, 5.74) is 0. The third kappa shape index (κ3) is 2.50. The molecule has 0 fully saturated rings. The Bertz CT molecular complexity index is 532. The molecule has 0 spiro atoms. The van der Waals surface area contributed by atoms with Gasteiger partial charge in [-0.05, 0) is 12.0 Å². The summed E-state index contributed by atoms with van der Waals surface area (Å²) in [6.45, 7) is 5.00. The molecular formula is C10H12N4O2S. The molecule has 0 aliphatic heterocycles. The molecule has 2 heterocycles. The Kier molecular flexibility index (Phi) is 3.19. The molecule has 0 saturated carbocycles. The SMILES string of the molecule is CC(C)Cn1cnnc1-c1ccc([N+](=O)[O-])s1. The zero-order valence-electron chi connectivity index (χ0n) is 9.53. The zero-order chi connectivity index (χ0) is 12.4. The minimum absolute atomic E-state index is 0.124. The van der Waals surface area contributed by atoms with Crippen molar-refractivity contribution >= 4 is 16.3 Å². The van der Waals surface area contributed by atoms with Gasteiger partial charge < -0.3 is 4.57 Å². The molecule has 0 atom stereocenters. The fourth-order valence-electron chi connectivity index (χ4n) is 1.52. The lowest BCUT2D eigenvalue weighted by Gasteiger charge is -2.07. The second-order valence-corrected chi connectivity index (χ2v) is 5.16. The molecule has 2 aromatic heterocycles. The van der Waals surface area contributed by atoms with Crippen LogP contribution in [0.5, 0.6) is 0 Å². The van der Waals surface area contributed by atoms with Gasteiger partial charge in [-0.25, -0.2) is 0 Å². The molecule has 0 unspecified atom stereocenters. The van der Waals surface area contributed by atoms with Gasteiger partial charge in [0.1, 0.15) is 6.33 Å². The van der Waals surface area contributed by atoms with Crippen LogP contribution in [0.25, 0.3) is 10.7 Å². The number of aromatic nitrogens is 3. The van der Waals surface area contributed by atoms with Gasteiger partial charge in [0, 0.05) is 12.6 Å². The summed E-state index contributed by atoms with van der Waals surface area (Å²) in [6.07, 6.45) is 1.65. The maximum absolute atomic E-state index is 10.6. The summed E-state index contributed by atoms with van der Waals surface area (Å²) in [7, 11) is 0. The van der Waals surface area contributed by atoms with Crippen LogP contribution >= 0.6 is 11.3 Å². The lowest BCUT2D eigenvalue weighted by molar-refractivity contribution is -0.380. The Morgan fingerprint density at radius 3 is 2.88 bits per heavy atom. The molecule has 6 nitrogen and oxygen atoms in total. The highest BCUT2D eigenvalue weighted by Crippen LogP contribution is 2.31. The van der Waals surface area contributed by atoms with Crippen LogP contribution in [0.2, 0.25) is 0 Å². The van der Waals surface area contributed by atoms with E-state index in [1.807, 2.05) is 4.57 Å². The summed E-state index contributed by atoms with van der Waals surface area (Å²) in [5.74, 6) is 1.16. The molecule has 17 heavy (non-hydrogen) atoms. The van der Waals surface area contributed by atoms with Crippen LogP contribution in [0.1, 0.15) is 13.8 Å². The van der Waals surface area contributed by atoms with Crippen molar-refractivity contribution in [1.29, 1.82) is 0 Å². The molecule has 7 heteroatoms. The van der Waals surface area contributed by atoms with E-state index in [-0.39, 0.29) is 5.00 Å². The molecule has 0 N–H and O–H groups in total. The topological polar surface area (TPSA) is 73.8 Å². The first-order chi connectivity index (χ1) is 8.08. The van der Waals surface area contributed by atoms with Gasteiger partial charge in [0.05, 0.1) is 9.80 Å². The smallest absolute Gasteiger partial charge is 0.313 e. The second kappa shape index (κ2) is 4.62. The van der Waals surface area contributed by atoms with Crippen molar-refractivity contribution in [3.8, 4) is 10.7 Å². The molecule has 2 aromatic rings. The monoisotopic (exact) mass is 252 g/mol. The molecular weight excluding hydrogens is 240 g/mol. The van der Waals surface area contributed by atoms with Crippen molar-refractivity contribution in [2.45, 2.75) is 20.4 Å². The maximum Gasteiger partial charge on any atom is 0.324 e. The molecule has 0 aliphatic rings. The van der Waals surface area contributed by atoms with Crippen molar-refractivity contribution in [2.75, 3.05) is 0 Å². The van der Waals surface area contributed by atoms with E-state index in [1.165, 1.54) is 6.07 Å². The number of nitrogens with zero attached hydrogens (tertiary/aromatic N) is 4. The van der Waals surface area contributed by atoms with Crippen LogP contribution in [0, 0.1) is 16.0 Å². The van der Waals surface area contributed by atoms with Gasteiger partial charge in [-0.1, -0.05) is 25.2 Å². The van der Waals surface area contributed by atoms with Gasteiger partial charge in [0.2, 0.25) is 0 Å². The summed E-state index contributed by atoms with van der Waals surface area (Å²) < 4.78 is 1.92. The van der Waals surface area contributed by atoms with E-state index in [0.29, 0.717) is 11.7 Å². The summed E-state index contributed by atoms with van der Waals surface area (Å²) in [6, 6.07) is 3.21. The van der Waals surface area contributed by atoms with E-state index in [1.54, 1.807) is 12.4 Å². The first-order valence-electron chi connectivity index (χ1n) is 5.20. The Morgan fingerprint density at radius 2 is 2.29 bits per heavy atom. The van der Waals surface area contributed by atoms with Gasteiger partial charge in [-0.2, -0.15) is 0 Å². The highest BCUT2D eigenvalue weighted by atomic mass is 32.1. The second-order valence-electron chi connectivity index (χ2n) is 4.10. The third-order valence-electron chi connectivity index (χ3n) is 2.17. The Morgan fingerprint density at radius 1 is 1.53 bits per heavy atom. The number of rotatable bonds is 4. The Hall–Kier alpha value is -1.76. The normalized spacial score (nSPS) is 11.0. The van der Waals surface area contributed by atoms with Crippen LogP contribution < -0.4 is 0 Å². The Labute approximate surface area is 102 Å². The average Bonchev–Trinajstić information content (AvgIpc) is 2.83. The fourth-order valence-corrected chi connectivity index (χ4v) is 2.34. The predicted molar refractivity (Wildman–Crippen MR) is 64.8 cm³/mol. The number of nitro groups is 1. The van der Waals surface area contributed by atoms with Gasteiger partial charge in [-0.15, -0.1) is 10.2 Å². The molecule has 0 aromatic carbocycles. The van der Waals surface area contributed by atoms with E-state index in [2.05, 4.69) is 24.0 Å². The first kappa shape index (κ1) is 11.7. The van der Waals surface area contributed by atoms with E-state index in [4.69, 9.17) is 0 Å². The summed E-state index contributed by atoms with van der Waals surface area (Å²) in [4.78, 5) is 11.0. The molecule has 0 bridgehead atoms. The van der Waals surface area contributed by atoms with Gasteiger partial charge in [0.25, 0.3) is 0 Å². The summed E-state index contributed by atoms with van der Waals surface area (Å²) >= 11 is 1.12. The number of hydrogen-bond acceptors (Lipinski definition) is 5. The van der Waals surface area contributed by atoms with E-state index in [0.717, 1.165) is 22.8 Å². The predicted octanol–water partition coefficient (Wildman–Crippen LogP) is 2.57. The molecule has 2 rings (SSSR count). The standard InChI is InChI=1S/C10H12N4O2S/c1-7(2)5-13-6-11-12-10(13)8-3-4-9(17-8)14(15)16/h3-4,6-7H,5H2,1-2H3. The van der Waals surface area contributed by atoms with E-state index >= 15 is 0 Å². The van der Waals surface area contributed by atoms with Crippen LogP contribution in [0.3, 0.4) is 0 Å². The van der Waals surface area contributed by atoms with Crippen LogP contribution in [-0.2, 0) is 6.54 Å². The highest BCUT2D eigenvalue weighted by Gasteiger charge is 2.15. The van der Waals surface area contributed by atoms with Crippen molar-refractivity contribution in [3.05, 3.63) is 28.6 Å². The quantitative estimate of drug-likeness (QED) is 0.619. The molecule has 0 amide bonds. The molecule has 90 valence electrons. The van der Waals surface area contributed by atoms with Crippen molar-refractivity contribution in [1.82, 2.24) is 14.8 Å². The van der Waals surface area contributed by atoms with Gasteiger partial charge >= 0.3 is 5.00 Å². The van der Waals surface area contributed by atoms with Crippen molar-refractivity contribution in [2.24, 2.45) is 5.92 Å². The van der Waals surface area contributed by atoms with Crippen LogP contribution in [-0.4, -0.2) is 19.7 Å². The minimum Gasteiger partial charge on any atom is -0.313 e. The number of thiophene rings is 1. The minimum atomic E-state index is -0.392. The van der Waals surface area contributed by atoms with E-state index in [9.17, 15) is 10.1 Å².